The summed E-state index contributed by atoms with van der Waals surface area (Å²) in [6.45, 7) is 4.89. The average Bonchev–Trinajstić information content (AvgIpc) is 3.13. The van der Waals surface area contributed by atoms with E-state index in [0.717, 1.165) is 24.2 Å². The number of aromatic nitrogens is 3. The quantitative estimate of drug-likeness (QED) is 0.850. The fourth-order valence-corrected chi connectivity index (χ4v) is 5.11. The van der Waals surface area contributed by atoms with Crippen molar-refractivity contribution in [3.63, 3.8) is 0 Å². The van der Waals surface area contributed by atoms with Gasteiger partial charge in [0.1, 0.15) is 4.90 Å². The number of sulfonamides is 1. The fraction of sp³-hybridized carbons (Fsp3) is 0.571. The van der Waals surface area contributed by atoms with E-state index in [2.05, 4.69) is 15.4 Å². The number of hydrogen-bond acceptors (Lipinski definition) is 5. The first kappa shape index (κ1) is 14.1. The number of fused-ring (bicyclic) bond motifs is 2. The molecule has 2 aromatic rings. The topological polar surface area (TPSA) is 80.1 Å². The lowest BCUT2D eigenvalue weighted by molar-refractivity contribution is 0.448. The predicted molar refractivity (Wildman–Crippen MR) is 81.9 cm³/mol. The van der Waals surface area contributed by atoms with Crippen molar-refractivity contribution < 1.29 is 8.42 Å². The van der Waals surface area contributed by atoms with Crippen LogP contribution in [-0.4, -0.2) is 53.7 Å². The van der Waals surface area contributed by atoms with Gasteiger partial charge in [-0.05, 0) is 37.9 Å². The molecule has 4 heterocycles. The van der Waals surface area contributed by atoms with E-state index in [0.29, 0.717) is 30.6 Å². The standard InChI is InChI=1S/C14H19N5O2S/c1-9-13-3-12(6-16-14(13)18(2)17-9)22(20,21)19-7-10-4-15-5-11(10)8-19/h3,6,10-11,15H,4-5,7-8H2,1-2H3/t10-,11+. The summed E-state index contributed by atoms with van der Waals surface area (Å²) in [6.07, 6.45) is 1.45. The number of nitrogens with one attached hydrogen (secondary N) is 1. The molecular formula is C14H19N5O2S. The van der Waals surface area contributed by atoms with Gasteiger partial charge in [0.2, 0.25) is 10.0 Å². The van der Waals surface area contributed by atoms with Gasteiger partial charge in [-0.15, -0.1) is 0 Å². The molecule has 2 aliphatic rings. The van der Waals surface area contributed by atoms with Gasteiger partial charge in [-0.3, -0.25) is 4.68 Å². The summed E-state index contributed by atoms with van der Waals surface area (Å²) in [6, 6.07) is 1.70. The zero-order valence-electron chi connectivity index (χ0n) is 12.7. The number of aryl methyl sites for hydroxylation is 2. The number of pyridine rings is 1. The van der Waals surface area contributed by atoms with Gasteiger partial charge in [-0.1, -0.05) is 0 Å². The Kier molecular flexibility index (Phi) is 3.04. The van der Waals surface area contributed by atoms with Crippen molar-refractivity contribution in [3.8, 4) is 0 Å². The molecule has 0 aromatic carbocycles. The van der Waals surface area contributed by atoms with E-state index < -0.39 is 10.0 Å². The lowest BCUT2D eigenvalue weighted by atomic mass is 10.0. The average molecular weight is 321 g/mol. The third-order valence-corrected chi connectivity index (χ3v) is 6.63. The molecule has 1 N–H and O–H groups in total. The molecule has 0 unspecified atom stereocenters. The maximum Gasteiger partial charge on any atom is 0.244 e. The molecule has 7 nitrogen and oxygen atoms in total. The summed E-state index contributed by atoms with van der Waals surface area (Å²) in [5.41, 5.74) is 1.50. The Balaban J connectivity index is 1.72. The second-order valence-electron chi connectivity index (χ2n) is 6.25. The molecule has 22 heavy (non-hydrogen) atoms. The van der Waals surface area contributed by atoms with E-state index >= 15 is 0 Å². The maximum absolute atomic E-state index is 12.9. The van der Waals surface area contributed by atoms with Crippen molar-refractivity contribution in [1.82, 2.24) is 24.4 Å². The first-order chi connectivity index (χ1) is 10.5. The molecule has 118 valence electrons. The van der Waals surface area contributed by atoms with Crippen molar-refractivity contribution >= 4 is 21.1 Å². The third kappa shape index (κ3) is 1.98. The molecule has 2 fully saturated rings. The maximum atomic E-state index is 12.9. The molecule has 0 amide bonds. The molecule has 2 aromatic heterocycles. The molecule has 4 rings (SSSR count). The van der Waals surface area contributed by atoms with Crippen LogP contribution in [-0.2, 0) is 17.1 Å². The summed E-state index contributed by atoms with van der Waals surface area (Å²) < 4.78 is 29.0. The highest BCUT2D eigenvalue weighted by Gasteiger charge is 2.41. The van der Waals surface area contributed by atoms with Crippen LogP contribution in [0.5, 0.6) is 0 Å². The van der Waals surface area contributed by atoms with Gasteiger partial charge in [0.15, 0.2) is 5.65 Å². The molecule has 0 spiro atoms. The smallest absolute Gasteiger partial charge is 0.244 e. The molecule has 0 aliphatic carbocycles. The number of hydrogen-bond donors (Lipinski definition) is 1. The van der Waals surface area contributed by atoms with Gasteiger partial charge in [-0.25, -0.2) is 13.4 Å². The molecule has 8 heteroatoms. The minimum absolute atomic E-state index is 0.268. The van der Waals surface area contributed by atoms with E-state index in [1.165, 1.54) is 6.20 Å². The first-order valence-corrected chi connectivity index (χ1v) is 8.91. The highest BCUT2D eigenvalue weighted by Crippen LogP contribution is 2.31. The monoisotopic (exact) mass is 321 g/mol. The van der Waals surface area contributed by atoms with Crippen molar-refractivity contribution in [2.75, 3.05) is 26.2 Å². The Labute approximate surface area is 129 Å². The first-order valence-electron chi connectivity index (χ1n) is 7.47. The molecule has 2 aliphatic heterocycles. The van der Waals surface area contributed by atoms with Crippen molar-refractivity contribution in [2.24, 2.45) is 18.9 Å². The SMILES string of the molecule is Cc1nn(C)c2ncc(S(=O)(=O)N3C[C@H]4CNC[C@H]4C3)cc12. The van der Waals surface area contributed by atoms with Crippen LogP contribution < -0.4 is 5.32 Å². The van der Waals surface area contributed by atoms with Gasteiger partial charge in [0, 0.05) is 31.7 Å². The second kappa shape index (κ2) is 4.74. The fourth-order valence-electron chi connectivity index (χ4n) is 3.59. The predicted octanol–water partition coefficient (Wildman–Crippen LogP) is 0.117. The van der Waals surface area contributed by atoms with E-state index in [4.69, 9.17) is 0 Å². The summed E-state index contributed by atoms with van der Waals surface area (Å²) in [5, 5.41) is 8.42. The minimum atomic E-state index is -3.47. The van der Waals surface area contributed by atoms with Crippen LogP contribution in [0.1, 0.15) is 5.69 Å². The molecule has 0 radical (unpaired) electrons. The van der Waals surface area contributed by atoms with Crippen LogP contribution in [0.3, 0.4) is 0 Å². The van der Waals surface area contributed by atoms with E-state index in [1.807, 2.05) is 14.0 Å². The zero-order valence-corrected chi connectivity index (χ0v) is 13.5. The lowest BCUT2D eigenvalue weighted by Crippen LogP contribution is -2.32. The Hall–Kier alpha value is -1.51. The van der Waals surface area contributed by atoms with Crippen molar-refractivity contribution in [1.29, 1.82) is 0 Å². The van der Waals surface area contributed by atoms with Crippen molar-refractivity contribution in [2.45, 2.75) is 11.8 Å². The molecular weight excluding hydrogens is 302 g/mol. The molecule has 2 atom stereocenters. The van der Waals surface area contributed by atoms with Crippen LogP contribution in [0.4, 0.5) is 0 Å². The van der Waals surface area contributed by atoms with E-state index in [1.54, 1.807) is 15.1 Å². The van der Waals surface area contributed by atoms with Crippen LogP contribution in [0.2, 0.25) is 0 Å². The Bertz CT molecular complexity index is 832. The zero-order chi connectivity index (χ0) is 15.5. The van der Waals surface area contributed by atoms with Gasteiger partial charge in [0.05, 0.1) is 5.69 Å². The highest BCUT2D eigenvalue weighted by molar-refractivity contribution is 7.89. The Morgan fingerprint density at radius 2 is 1.95 bits per heavy atom. The second-order valence-corrected chi connectivity index (χ2v) is 8.19. The molecule has 2 saturated heterocycles. The van der Waals surface area contributed by atoms with Crippen molar-refractivity contribution in [3.05, 3.63) is 18.0 Å². The summed E-state index contributed by atoms with van der Waals surface area (Å²) >= 11 is 0. The van der Waals surface area contributed by atoms with Gasteiger partial charge < -0.3 is 5.32 Å². The summed E-state index contributed by atoms with van der Waals surface area (Å²) in [4.78, 5) is 4.56. The highest BCUT2D eigenvalue weighted by atomic mass is 32.2. The summed E-state index contributed by atoms with van der Waals surface area (Å²) in [5.74, 6) is 0.873. The van der Waals surface area contributed by atoms with Gasteiger partial charge >= 0.3 is 0 Å². The number of rotatable bonds is 2. The largest absolute Gasteiger partial charge is 0.316 e. The molecule has 0 saturated carbocycles. The summed E-state index contributed by atoms with van der Waals surface area (Å²) in [7, 11) is -1.66. The van der Waals surface area contributed by atoms with E-state index in [-0.39, 0.29) is 4.90 Å². The van der Waals surface area contributed by atoms with Crippen LogP contribution in [0, 0.1) is 18.8 Å². The minimum Gasteiger partial charge on any atom is -0.316 e. The van der Waals surface area contributed by atoms with Gasteiger partial charge in [-0.2, -0.15) is 9.40 Å². The number of nitrogens with zero attached hydrogens (tertiary/aromatic N) is 4. The van der Waals surface area contributed by atoms with Crippen LogP contribution in [0.25, 0.3) is 11.0 Å². The normalized spacial score (nSPS) is 25.9. The van der Waals surface area contributed by atoms with E-state index in [9.17, 15) is 8.42 Å². The van der Waals surface area contributed by atoms with Crippen LogP contribution in [0.15, 0.2) is 17.2 Å². The molecule has 0 bridgehead atoms. The Morgan fingerprint density at radius 3 is 2.64 bits per heavy atom. The third-order valence-electron chi connectivity index (χ3n) is 4.83. The van der Waals surface area contributed by atoms with Gasteiger partial charge in [0.25, 0.3) is 0 Å². The van der Waals surface area contributed by atoms with Crippen LogP contribution >= 0.6 is 0 Å². The lowest BCUT2D eigenvalue weighted by Gasteiger charge is -2.17. The Morgan fingerprint density at radius 1 is 1.27 bits per heavy atom.